The summed E-state index contributed by atoms with van der Waals surface area (Å²) in [4.78, 5) is 8.59. The fraction of sp³-hybridized carbons (Fsp3) is 0.0667. The molecule has 2 heterocycles. The van der Waals surface area contributed by atoms with E-state index >= 15 is 0 Å². The second-order valence-corrected chi connectivity index (χ2v) is 4.66. The van der Waals surface area contributed by atoms with Crippen molar-refractivity contribution < 1.29 is 4.74 Å². The minimum atomic E-state index is 0.270. The number of halogens is 1. The van der Waals surface area contributed by atoms with Crippen molar-refractivity contribution in [3.8, 4) is 11.6 Å². The summed E-state index contributed by atoms with van der Waals surface area (Å²) in [6, 6.07) is 13.2. The molecule has 0 radical (unpaired) electrons. The van der Waals surface area contributed by atoms with Crippen molar-refractivity contribution in [2.75, 3.05) is 0 Å². The van der Waals surface area contributed by atoms with Crippen LogP contribution in [0.5, 0.6) is 11.6 Å². The number of nitrogens with zero attached hydrogens (tertiary/aromatic N) is 2. The van der Waals surface area contributed by atoms with Gasteiger partial charge in [0.1, 0.15) is 5.75 Å². The van der Waals surface area contributed by atoms with E-state index in [1.54, 1.807) is 18.3 Å². The first-order valence-electron chi connectivity index (χ1n) is 6.14. The molecule has 0 bridgehead atoms. The smallest absolute Gasteiger partial charge is 0.219 e. The summed E-state index contributed by atoms with van der Waals surface area (Å²) >= 11 is 5.97. The minimum Gasteiger partial charge on any atom is -0.437 e. The van der Waals surface area contributed by atoms with Gasteiger partial charge in [-0.3, -0.25) is 4.98 Å². The molecule has 20 heavy (non-hydrogen) atoms. The van der Waals surface area contributed by atoms with Crippen molar-refractivity contribution >= 4 is 22.5 Å². The molecule has 0 saturated heterocycles. The van der Waals surface area contributed by atoms with Crippen LogP contribution >= 0.6 is 11.6 Å². The third-order valence-corrected chi connectivity index (χ3v) is 3.22. The molecule has 0 amide bonds. The van der Waals surface area contributed by atoms with E-state index in [1.807, 2.05) is 30.3 Å². The molecule has 0 fully saturated rings. The maximum atomic E-state index is 5.97. The Labute approximate surface area is 121 Å². The maximum absolute atomic E-state index is 5.97. The van der Waals surface area contributed by atoms with Gasteiger partial charge in [-0.25, -0.2) is 4.98 Å². The summed E-state index contributed by atoms with van der Waals surface area (Å²) < 4.78 is 5.70. The quantitative estimate of drug-likeness (QED) is 0.799. The van der Waals surface area contributed by atoms with Crippen LogP contribution in [-0.4, -0.2) is 9.97 Å². The van der Waals surface area contributed by atoms with Crippen LogP contribution in [-0.2, 0) is 6.54 Å². The van der Waals surface area contributed by atoms with Gasteiger partial charge >= 0.3 is 0 Å². The molecule has 0 aliphatic rings. The van der Waals surface area contributed by atoms with Crippen LogP contribution in [0.15, 0.2) is 48.7 Å². The molecule has 2 aromatic heterocycles. The van der Waals surface area contributed by atoms with Crippen LogP contribution in [0.2, 0.25) is 5.02 Å². The number of rotatable bonds is 3. The highest BCUT2D eigenvalue weighted by Crippen LogP contribution is 2.24. The van der Waals surface area contributed by atoms with Crippen molar-refractivity contribution in [3.63, 3.8) is 0 Å². The van der Waals surface area contributed by atoms with Gasteiger partial charge in [0.2, 0.25) is 5.88 Å². The molecule has 0 aliphatic heterocycles. The molecule has 100 valence electrons. The third kappa shape index (κ3) is 2.57. The van der Waals surface area contributed by atoms with Gasteiger partial charge in [-0.2, -0.15) is 0 Å². The van der Waals surface area contributed by atoms with Crippen molar-refractivity contribution in [1.29, 1.82) is 0 Å². The first-order chi connectivity index (χ1) is 9.76. The van der Waals surface area contributed by atoms with Crippen LogP contribution in [0.4, 0.5) is 0 Å². The van der Waals surface area contributed by atoms with E-state index in [4.69, 9.17) is 22.1 Å². The van der Waals surface area contributed by atoms with Crippen LogP contribution in [0, 0.1) is 0 Å². The zero-order valence-electron chi connectivity index (χ0n) is 10.6. The number of nitrogens with two attached hydrogens (primary N) is 1. The predicted molar refractivity (Wildman–Crippen MR) is 79.0 cm³/mol. The fourth-order valence-corrected chi connectivity index (χ4v) is 2.07. The normalized spacial score (nSPS) is 10.7. The Morgan fingerprint density at radius 3 is 2.85 bits per heavy atom. The van der Waals surface area contributed by atoms with E-state index in [0.717, 1.165) is 10.9 Å². The van der Waals surface area contributed by atoms with Gasteiger partial charge in [0.25, 0.3) is 0 Å². The summed E-state index contributed by atoms with van der Waals surface area (Å²) in [5.41, 5.74) is 7.10. The standard InChI is InChI=1S/C15H12ClN3O/c16-12-5-6-15(19-14(12)8-17)20-11-7-10-3-1-2-4-13(10)18-9-11/h1-7,9H,8,17H2. The Morgan fingerprint density at radius 1 is 1.15 bits per heavy atom. The average molecular weight is 286 g/mol. The van der Waals surface area contributed by atoms with E-state index in [9.17, 15) is 0 Å². The van der Waals surface area contributed by atoms with Gasteiger partial charge in [0.05, 0.1) is 22.4 Å². The Kier molecular flexibility index (Phi) is 3.50. The van der Waals surface area contributed by atoms with Gasteiger partial charge in [-0.05, 0) is 18.2 Å². The average Bonchev–Trinajstić information content (AvgIpc) is 2.49. The Bertz CT molecular complexity index is 761. The molecule has 0 unspecified atom stereocenters. The lowest BCUT2D eigenvalue weighted by Gasteiger charge is -2.07. The van der Waals surface area contributed by atoms with Gasteiger partial charge in [-0.1, -0.05) is 29.8 Å². The molecule has 3 rings (SSSR count). The molecule has 2 N–H and O–H groups in total. The zero-order chi connectivity index (χ0) is 13.9. The lowest BCUT2D eigenvalue weighted by Crippen LogP contribution is -2.01. The first-order valence-corrected chi connectivity index (χ1v) is 6.52. The Balaban J connectivity index is 1.92. The van der Waals surface area contributed by atoms with Gasteiger partial charge in [-0.15, -0.1) is 0 Å². The number of aromatic nitrogens is 2. The van der Waals surface area contributed by atoms with Crippen molar-refractivity contribution in [2.24, 2.45) is 5.73 Å². The summed E-state index contributed by atoms with van der Waals surface area (Å²) in [6.07, 6.45) is 1.67. The maximum Gasteiger partial charge on any atom is 0.219 e. The molecule has 0 saturated carbocycles. The molecule has 3 aromatic rings. The second kappa shape index (κ2) is 5.45. The number of hydrogen-bond acceptors (Lipinski definition) is 4. The van der Waals surface area contributed by atoms with E-state index in [2.05, 4.69) is 9.97 Å². The number of ether oxygens (including phenoxy) is 1. The molecule has 0 atom stereocenters. The monoisotopic (exact) mass is 285 g/mol. The topological polar surface area (TPSA) is 61.0 Å². The summed E-state index contributed by atoms with van der Waals surface area (Å²) in [5, 5.41) is 1.55. The Morgan fingerprint density at radius 2 is 2.00 bits per heavy atom. The molecule has 0 aliphatic carbocycles. The van der Waals surface area contributed by atoms with E-state index in [1.165, 1.54) is 0 Å². The molecule has 0 spiro atoms. The molecule has 1 aromatic carbocycles. The van der Waals surface area contributed by atoms with Gasteiger partial charge < -0.3 is 10.5 Å². The number of pyridine rings is 2. The molecule has 5 heteroatoms. The summed E-state index contributed by atoms with van der Waals surface area (Å²) in [5.74, 6) is 1.08. The molecular weight excluding hydrogens is 274 g/mol. The van der Waals surface area contributed by atoms with Crippen molar-refractivity contribution in [1.82, 2.24) is 9.97 Å². The summed E-state index contributed by atoms with van der Waals surface area (Å²) in [7, 11) is 0. The van der Waals surface area contributed by atoms with E-state index < -0.39 is 0 Å². The number of hydrogen-bond donors (Lipinski definition) is 1. The number of fused-ring (bicyclic) bond motifs is 1. The Hall–Kier alpha value is -2.17. The highest BCUT2D eigenvalue weighted by atomic mass is 35.5. The number of benzene rings is 1. The van der Waals surface area contributed by atoms with Crippen LogP contribution < -0.4 is 10.5 Å². The SMILES string of the molecule is NCc1nc(Oc2cnc3ccccc3c2)ccc1Cl. The lowest BCUT2D eigenvalue weighted by molar-refractivity contribution is 0.459. The first kappa shape index (κ1) is 12.8. The number of para-hydroxylation sites is 1. The largest absolute Gasteiger partial charge is 0.437 e. The predicted octanol–water partition coefficient (Wildman–Crippen LogP) is 3.53. The molecule has 4 nitrogen and oxygen atoms in total. The minimum absolute atomic E-state index is 0.270. The van der Waals surface area contributed by atoms with Crippen LogP contribution in [0.1, 0.15) is 5.69 Å². The van der Waals surface area contributed by atoms with E-state index in [0.29, 0.717) is 22.3 Å². The van der Waals surface area contributed by atoms with Gasteiger partial charge in [0.15, 0.2) is 0 Å². The van der Waals surface area contributed by atoms with Crippen molar-refractivity contribution in [3.05, 3.63) is 59.4 Å². The highest BCUT2D eigenvalue weighted by molar-refractivity contribution is 6.31. The second-order valence-electron chi connectivity index (χ2n) is 4.25. The molecular formula is C15H12ClN3O. The zero-order valence-corrected chi connectivity index (χ0v) is 11.3. The van der Waals surface area contributed by atoms with Crippen LogP contribution in [0.3, 0.4) is 0 Å². The highest BCUT2D eigenvalue weighted by Gasteiger charge is 2.05. The third-order valence-electron chi connectivity index (χ3n) is 2.87. The lowest BCUT2D eigenvalue weighted by atomic mass is 10.2. The van der Waals surface area contributed by atoms with Gasteiger partial charge in [0, 0.05) is 18.0 Å². The summed E-state index contributed by atoms with van der Waals surface area (Å²) in [6.45, 7) is 0.270. The van der Waals surface area contributed by atoms with Crippen LogP contribution in [0.25, 0.3) is 10.9 Å². The van der Waals surface area contributed by atoms with Crippen molar-refractivity contribution in [2.45, 2.75) is 6.54 Å². The fourth-order valence-electron chi connectivity index (χ4n) is 1.89. The van der Waals surface area contributed by atoms with E-state index in [-0.39, 0.29) is 6.54 Å².